The van der Waals surface area contributed by atoms with Crippen LogP contribution in [0.2, 0.25) is 19.6 Å². The summed E-state index contributed by atoms with van der Waals surface area (Å²) in [6.07, 6.45) is 3.76. The maximum absolute atomic E-state index is 12.6. The SMILES string of the molecule is CC(C)(C)C(=O)N1CCCc2cc(C#C[Si](C)(C)C)cnc21. The molecule has 0 aliphatic carbocycles. The molecule has 1 amide bonds. The van der Waals surface area contributed by atoms with E-state index in [4.69, 9.17) is 0 Å². The molecule has 0 unspecified atom stereocenters. The minimum absolute atomic E-state index is 0.141. The van der Waals surface area contributed by atoms with Crippen LogP contribution < -0.4 is 4.90 Å². The first-order valence-electron chi connectivity index (χ1n) is 7.92. The van der Waals surface area contributed by atoms with E-state index in [0.29, 0.717) is 0 Å². The van der Waals surface area contributed by atoms with Gasteiger partial charge in [0.15, 0.2) is 0 Å². The monoisotopic (exact) mass is 314 g/mol. The lowest BCUT2D eigenvalue weighted by Gasteiger charge is -2.33. The minimum atomic E-state index is -1.39. The van der Waals surface area contributed by atoms with Gasteiger partial charge >= 0.3 is 0 Å². The number of hydrogen-bond donors (Lipinski definition) is 0. The molecule has 1 aromatic heterocycles. The Morgan fingerprint density at radius 2 is 2.00 bits per heavy atom. The van der Waals surface area contributed by atoms with Gasteiger partial charge in [0.25, 0.3) is 0 Å². The predicted molar refractivity (Wildman–Crippen MR) is 94.6 cm³/mol. The molecular weight excluding hydrogens is 288 g/mol. The first-order chi connectivity index (χ1) is 10.1. The maximum Gasteiger partial charge on any atom is 0.233 e. The first kappa shape index (κ1) is 16.8. The molecule has 2 heterocycles. The number of anilines is 1. The fraction of sp³-hybridized carbons (Fsp3) is 0.556. The van der Waals surface area contributed by atoms with Crippen molar-refractivity contribution in [2.45, 2.75) is 53.3 Å². The van der Waals surface area contributed by atoms with Crippen LogP contribution in [-0.4, -0.2) is 25.5 Å². The Bertz CT molecular complexity index is 642. The summed E-state index contributed by atoms with van der Waals surface area (Å²) in [5.41, 5.74) is 5.10. The van der Waals surface area contributed by atoms with Crippen molar-refractivity contribution in [1.82, 2.24) is 4.98 Å². The molecule has 1 aromatic rings. The summed E-state index contributed by atoms with van der Waals surface area (Å²) in [6.45, 7) is 13.3. The molecule has 4 heteroatoms. The predicted octanol–water partition coefficient (Wildman–Crippen LogP) is 3.64. The van der Waals surface area contributed by atoms with Gasteiger partial charge in [0.2, 0.25) is 5.91 Å². The van der Waals surface area contributed by atoms with E-state index in [1.807, 2.05) is 25.7 Å². The molecule has 118 valence electrons. The number of hydrogen-bond acceptors (Lipinski definition) is 2. The summed E-state index contributed by atoms with van der Waals surface area (Å²) < 4.78 is 0. The fourth-order valence-electron chi connectivity index (χ4n) is 2.39. The Hall–Kier alpha value is -1.60. The highest BCUT2D eigenvalue weighted by Gasteiger charge is 2.31. The summed E-state index contributed by atoms with van der Waals surface area (Å²) in [7, 11) is -1.39. The Labute approximate surface area is 135 Å². The van der Waals surface area contributed by atoms with Crippen LogP contribution in [0, 0.1) is 16.9 Å². The van der Waals surface area contributed by atoms with Crippen LogP contribution in [0.15, 0.2) is 12.3 Å². The molecule has 0 N–H and O–H groups in total. The van der Waals surface area contributed by atoms with E-state index in [1.165, 1.54) is 0 Å². The zero-order valence-corrected chi connectivity index (χ0v) is 15.6. The third-order valence-corrected chi connectivity index (χ3v) is 4.37. The van der Waals surface area contributed by atoms with E-state index in [0.717, 1.165) is 36.3 Å². The summed E-state index contributed by atoms with van der Waals surface area (Å²) in [6, 6.07) is 2.11. The van der Waals surface area contributed by atoms with Crippen molar-refractivity contribution in [2.24, 2.45) is 5.41 Å². The summed E-state index contributed by atoms with van der Waals surface area (Å²) in [5.74, 6) is 4.22. The van der Waals surface area contributed by atoms with Crippen molar-refractivity contribution in [3.63, 3.8) is 0 Å². The minimum Gasteiger partial charge on any atom is -0.296 e. The van der Waals surface area contributed by atoms with Gasteiger partial charge in [-0.05, 0) is 24.5 Å². The zero-order valence-electron chi connectivity index (χ0n) is 14.6. The molecule has 22 heavy (non-hydrogen) atoms. The first-order valence-corrected chi connectivity index (χ1v) is 11.4. The standard InChI is InChI=1S/C18H26N2OSi/c1-18(2,3)17(21)20-10-7-8-15-12-14(13-19-16(15)20)9-11-22(4,5)6/h12-13H,7-8,10H2,1-6H3. The van der Waals surface area contributed by atoms with Gasteiger partial charge in [0, 0.05) is 23.7 Å². The van der Waals surface area contributed by atoms with E-state index < -0.39 is 8.07 Å². The van der Waals surface area contributed by atoms with E-state index >= 15 is 0 Å². The maximum atomic E-state index is 12.6. The van der Waals surface area contributed by atoms with E-state index in [2.05, 4.69) is 42.2 Å². The number of amides is 1. The molecule has 0 bridgehead atoms. The van der Waals surface area contributed by atoms with Gasteiger partial charge in [-0.15, -0.1) is 5.54 Å². The Balaban J connectivity index is 2.34. The van der Waals surface area contributed by atoms with Crippen molar-refractivity contribution < 1.29 is 4.79 Å². The van der Waals surface area contributed by atoms with Crippen LogP contribution in [0.4, 0.5) is 5.82 Å². The van der Waals surface area contributed by atoms with Crippen LogP contribution in [0.5, 0.6) is 0 Å². The zero-order chi connectivity index (χ0) is 16.5. The van der Waals surface area contributed by atoms with Gasteiger partial charge in [-0.3, -0.25) is 9.69 Å². The molecule has 0 radical (unpaired) electrons. The molecule has 0 saturated carbocycles. The molecule has 0 saturated heterocycles. The second-order valence-corrected chi connectivity index (χ2v) is 12.8. The quantitative estimate of drug-likeness (QED) is 0.541. The number of aromatic nitrogens is 1. The van der Waals surface area contributed by atoms with Crippen molar-refractivity contribution in [2.75, 3.05) is 11.4 Å². The molecule has 3 nitrogen and oxygen atoms in total. The number of carbonyl (C=O) groups is 1. The smallest absolute Gasteiger partial charge is 0.233 e. The van der Waals surface area contributed by atoms with Crippen molar-refractivity contribution in [3.8, 4) is 11.5 Å². The number of rotatable bonds is 0. The number of carbonyl (C=O) groups excluding carboxylic acids is 1. The van der Waals surface area contributed by atoms with Gasteiger partial charge in [-0.1, -0.05) is 46.3 Å². The number of aryl methyl sites for hydroxylation is 1. The number of nitrogens with zero attached hydrogens (tertiary/aromatic N) is 2. The van der Waals surface area contributed by atoms with Gasteiger partial charge in [-0.2, -0.15) is 0 Å². The third kappa shape index (κ3) is 3.98. The molecule has 0 atom stereocenters. The molecule has 0 fully saturated rings. The molecule has 1 aliphatic rings. The van der Waals surface area contributed by atoms with Crippen LogP contribution in [0.1, 0.15) is 38.3 Å². The molecular formula is C18H26N2OSi. The van der Waals surface area contributed by atoms with Crippen LogP contribution >= 0.6 is 0 Å². The fourth-order valence-corrected chi connectivity index (χ4v) is 2.91. The molecule has 2 rings (SSSR count). The number of pyridine rings is 1. The van der Waals surface area contributed by atoms with Gasteiger partial charge in [-0.25, -0.2) is 4.98 Å². The van der Waals surface area contributed by atoms with E-state index in [1.54, 1.807) is 6.20 Å². The molecule has 0 spiro atoms. The topological polar surface area (TPSA) is 33.2 Å². The number of fused-ring (bicyclic) bond motifs is 1. The third-order valence-electron chi connectivity index (χ3n) is 3.49. The lowest BCUT2D eigenvalue weighted by Crippen LogP contribution is -2.43. The lowest BCUT2D eigenvalue weighted by atomic mass is 9.93. The average Bonchev–Trinajstić information content (AvgIpc) is 2.41. The van der Waals surface area contributed by atoms with Gasteiger partial charge < -0.3 is 0 Å². The molecule has 0 aromatic carbocycles. The van der Waals surface area contributed by atoms with Crippen molar-refractivity contribution in [3.05, 3.63) is 23.4 Å². The van der Waals surface area contributed by atoms with Crippen LogP contribution in [0.3, 0.4) is 0 Å². The molecule has 1 aliphatic heterocycles. The summed E-state index contributed by atoms with van der Waals surface area (Å²) >= 11 is 0. The summed E-state index contributed by atoms with van der Waals surface area (Å²) in [4.78, 5) is 19.0. The van der Waals surface area contributed by atoms with Crippen LogP contribution in [0.25, 0.3) is 0 Å². The highest BCUT2D eigenvalue weighted by atomic mass is 28.3. The Kier molecular flexibility index (Phi) is 4.48. The lowest BCUT2D eigenvalue weighted by molar-refractivity contribution is -0.125. The van der Waals surface area contributed by atoms with Crippen molar-refractivity contribution in [1.29, 1.82) is 0 Å². The largest absolute Gasteiger partial charge is 0.296 e. The van der Waals surface area contributed by atoms with Crippen molar-refractivity contribution >= 4 is 19.8 Å². The average molecular weight is 315 g/mol. The second-order valence-electron chi connectivity index (χ2n) is 8.02. The van der Waals surface area contributed by atoms with Crippen LogP contribution in [-0.2, 0) is 11.2 Å². The van der Waals surface area contributed by atoms with Gasteiger partial charge in [0.05, 0.1) is 0 Å². The Morgan fingerprint density at radius 3 is 2.59 bits per heavy atom. The van der Waals surface area contributed by atoms with E-state index in [9.17, 15) is 4.79 Å². The van der Waals surface area contributed by atoms with E-state index in [-0.39, 0.29) is 11.3 Å². The second kappa shape index (κ2) is 5.89. The highest BCUT2D eigenvalue weighted by Crippen LogP contribution is 2.29. The normalized spacial score (nSPS) is 14.9. The Morgan fingerprint density at radius 1 is 1.32 bits per heavy atom. The summed E-state index contributed by atoms with van der Waals surface area (Å²) in [5, 5.41) is 0. The highest BCUT2D eigenvalue weighted by molar-refractivity contribution is 6.83. The van der Waals surface area contributed by atoms with Gasteiger partial charge in [0.1, 0.15) is 13.9 Å².